The van der Waals surface area contributed by atoms with E-state index in [0.29, 0.717) is 25.3 Å². The lowest BCUT2D eigenvalue weighted by Crippen LogP contribution is -2.26. The number of hydrogen-bond acceptors (Lipinski definition) is 6. The number of hydrogen-bond donors (Lipinski definition) is 1. The Labute approximate surface area is 152 Å². The summed E-state index contributed by atoms with van der Waals surface area (Å²) in [6.45, 7) is 4.91. The molecule has 1 fully saturated rings. The maximum atomic E-state index is 12.3. The van der Waals surface area contributed by atoms with Crippen LogP contribution in [-0.4, -0.2) is 39.6 Å². The lowest BCUT2D eigenvalue weighted by atomic mass is 10.3. The Bertz CT molecular complexity index is 782. The predicted octanol–water partition coefficient (Wildman–Crippen LogP) is 2.66. The van der Waals surface area contributed by atoms with E-state index in [1.165, 1.54) is 12.8 Å². The fourth-order valence-corrected chi connectivity index (χ4v) is 4.69. The number of sulfonamides is 1. The molecule has 1 aromatic heterocycles. The molecule has 136 valence electrons. The van der Waals surface area contributed by atoms with E-state index in [2.05, 4.69) is 14.6 Å². The molecule has 0 aliphatic carbocycles. The molecule has 25 heavy (non-hydrogen) atoms. The van der Waals surface area contributed by atoms with Gasteiger partial charge in [-0.1, -0.05) is 0 Å². The highest BCUT2D eigenvalue weighted by molar-refractivity contribution is 7.89. The molecule has 0 atom stereocenters. The summed E-state index contributed by atoms with van der Waals surface area (Å²) < 4.78 is 32.6. The quantitative estimate of drug-likeness (QED) is 0.761. The Morgan fingerprint density at radius 3 is 2.64 bits per heavy atom. The van der Waals surface area contributed by atoms with Gasteiger partial charge in [0, 0.05) is 31.4 Å². The number of anilines is 1. The normalized spacial score (nSPS) is 14.8. The predicted molar refractivity (Wildman–Crippen MR) is 100 cm³/mol. The number of thiazole rings is 1. The van der Waals surface area contributed by atoms with Gasteiger partial charge in [-0.05, 0) is 44.0 Å². The molecule has 1 aliphatic rings. The van der Waals surface area contributed by atoms with Crippen molar-refractivity contribution in [1.29, 1.82) is 0 Å². The number of rotatable bonds is 8. The third kappa shape index (κ3) is 4.71. The number of ether oxygens (including phenoxy) is 1. The minimum atomic E-state index is -3.51. The third-order valence-electron chi connectivity index (χ3n) is 4.03. The summed E-state index contributed by atoms with van der Waals surface area (Å²) in [5, 5.41) is 3.06. The van der Waals surface area contributed by atoms with Crippen molar-refractivity contribution in [2.24, 2.45) is 0 Å². The monoisotopic (exact) mass is 381 g/mol. The van der Waals surface area contributed by atoms with E-state index in [1.54, 1.807) is 35.6 Å². The molecular formula is C17H23N3O3S2. The highest BCUT2D eigenvalue weighted by Crippen LogP contribution is 2.24. The summed E-state index contributed by atoms with van der Waals surface area (Å²) in [5.74, 6) is 0.665. The van der Waals surface area contributed by atoms with Crippen LogP contribution in [0.15, 0.2) is 34.5 Å². The molecular weight excluding hydrogens is 358 g/mol. The van der Waals surface area contributed by atoms with Gasteiger partial charge in [0.15, 0.2) is 5.13 Å². The number of aromatic nitrogens is 1. The van der Waals surface area contributed by atoms with Crippen molar-refractivity contribution < 1.29 is 13.2 Å². The summed E-state index contributed by atoms with van der Waals surface area (Å²) in [6, 6.07) is 6.45. The highest BCUT2D eigenvalue weighted by Gasteiger charge is 2.17. The molecule has 1 N–H and O–H groups in total. The first-order chi connectivity index (χ1) is 12.1. The second-order valence-corrected chi connectivity index (χ2v) is 8.47. The summed E-state index contributed by atoms with van der Waals surface area (Å²) in [6.07, 6.45) is 3.02. The van der Waals surface area contributed by atoms with Crippen LogP contribution in [0.1, 0.15) is 25.5 Å². The maximum absolute atomic E-state index is 12.3. The van der Waals surface area contributed by atoms with Crippen LogP contribution in [0.2, 0.25) is 0 Å². The maximum Gasteiger partial charge on any atom is 0.240 e. The molecule has 1 saturated heterocycles. The fraction of sp³-hybridized carbons (Fsp3) is 0.471. The van der Waals surface area contributed by atoms with Gasteiger partial charge in [-0.25, -0.2) is 18.1 Å². The minimum Gasteiger partial charge on any atom is -0.494 e. The third-order valence-corrected chi connectivity index (χ3v) is 6.46. The fourth-order valence-electron chi connectivity index (χ4n) is 2.74. The molecule has 1 aliphatic heterocycles. The van der Waals surface area contributed by atoms with Crippen molar-refractivity contribution in [3.05, 3.63) is 35.3 Å². The van der Waals surface area contributed by atoms with Crippen molar-refractivity contribution in [2.45, 2.75) is 31.1 Å². The van der Waals surface area contributed by atoms with Crippen LogP contribution in [0.4, 0.5) is 5.13 Å². The van der Waals surface area contributed by atoms with Crippen LogP contribution in [0, 0.1) is 0 Å². The van der Waals surface area contributed by atoms with Crippen LogP contribution in [0.5, 0.6) is 5.75 Å². The second kappa shape index (κ2) is 8.16. The molecule has 0 amide bonds. The zero-order valence-corrected chi connectivity index (χ0v) is 15.9. The topological polar surface area (TPSA) is 71.5 Å². The first-order valence-electron chi connectivity index (χ1n) is 8.50. The molecule has 1 aromatic carbocycles. The van der Waals surface area contributed by atoms with E-state index in [0.717, 1.165) is 23.9 Å². The summed E-state index contributed by atoms with van der Waals surface area (Å²) in [4.78, 5) is 7.14. The largest absolute Gasteiger partial charge is 0.494 e. The summed E-state index contributed by atoms with van der Waals surface area (Å²) >= 11 is 1.63. The van der Waals surface area contributed by atoms with Crippen LogP contribution in [0.3, 0.4) is 0 Å². The van der Waals surface area contributed by atoms with Gasteiger partial charge in [0.1, 0.15) is 5.75 Å². The van der Waals surface area contributed by atoms with Crippen molar-refractivity contribution in [3.8, 4) is 5.75 Å². The van der Waals surface area contributed by atoms with E-state index < -0.39 is 10.0 Å². The van der Waals surface area contributed by atoms with Crippen LogP contribution in [-0.2, 0) is 16.4 Å². The van der Waals surface area contributed by atoms with Gasteiger partial charge in [0.2, 0.25) is 10.0 Å². The summed E-state index contributed by atoms with van der Waals surface area (Å²) in [5.41, 5.74) is 0.932. The number of nitrogens with one attached hydrogen (secondary N) is 1. The van der Waals surface area contributed by atoms with Crippen LogP contribution < -0.4 is 14.4 Å². The van der Waals surface area contributed by atoms with Crippen LogP contribution >= 0.6 is 11.3 Å². The van der Waals surface area contributed by atoms with Gasteiger partial charge >= 0.3 is 0 Å². The molecule has 2 heterocycles. The van der Waals surface area contributed by atoms with Gasteiger partial charge < -0.3 is 9.64 Å². The first kappa shape index (κ1) is 18.2. The van der Waals surface area contributed by atoms with Gasteiger partial charge in [-0.15, -0.1) is 11.3 Å². The van der Waals surface area contributed by atoms with Gasteiger partial charge in [0.05, 0.1) is 17.2 Å². The number of benzene rings is 1. The molecule has 0 bridgehead atoms. The Morgan fingerprint density at radius 2 is 1.96 bits per heavy atom. The zero-order valence-electron chi connectivity index (χ0n) is 14.3. The van der Waals surface area contributed by atoms with E-state index in [-0.39, 0.29) is 4.90 Å². The average molecular weight is 382 g/mol. The van der Waals surface area contributed by atoms with Crippen molar-refractivity contribution >= 4 is 26.5 Å². The van der Waals surface area contributed by atoms with E-state index >= 15 is 0 Å². The standard InChI is InChI=1S/C17H23N3O3S2/c1-2-23-15-5-7-16(8-6-15)25(21,22)18-10-9-14-13-24-17(19-14)20-11-3-4-12-20/h5-8,13,18H,2-4,9-12H2,1H3. The van der Waals surface area contributed by atoms with E-state index in [1.807, 2.05) is 12.3 Å². The van der Waals surface area contributed by atoms with Crippen molar-refractivity contribution in [3.63, 3.8) is 0 Å². The molecule has 2 aromatic rings. The first-order valence-corrected chi connectivity index (χ1v) is 10.9. The van der Waals surface area contributed by atoms with E-state index in [9.17, 15) is 8.42 Å². The Morgan fingerprint density at radius 1 is 1.24 bits per heavy atom. The van der Waals surface area contributed by atoms with Gasteiger partial charge in [0.25, 0.3) is 0 Å². The second-order valence-electron chi connectivity index (χ2n) is 5.87. The Balaban J connectivity index is 1.53. The minimum absolute atomic E-state index is 0.243. The average Bonchev–Trinajstić information content (AvgIpc) is 3.27. The molecule has 3 rings (SSSR count). The van der Waals surface area contributed by atoms with Crippen molar-refractivity contribution in [1.82, 2.24) is 9.71 Å². The lowest BCUT2D eigenvalue weighted by Gasteiger charge is -2.12. The van der Waals surface area contributed by atoms with Gasteiger partial charge in [-0.3, -0.25) is 0 Å². The molecule has 0 spiro atoms. The lowest BCUT2D eigenvalue weighted by molar-refractivity contribution is 0.340. The zero-order chi connectivity index (χ0) is 17.7. The van der Waals surface area contributed by atoms with Crippen LogP contribution in [0.25, 0.3) is 0 Å². The molecule has 6 nitrogen and oxygen atoms in total. The number of nitrogens with zero attached hydrogens (tertiary/aromatic N) is 2. The van der Waals surface area contributed by atoms with Crippen molar-refractivity contribution in [2.75, 3.05) is 31.1 Å². The SMILES string of the molecule is CCOc1ccc(S(=O)(=O)NCCc2csc(N3CCCC3)n2)cc1. The Hall–Kier alpha value is -1.64. The smallest absolute Gasteiger partial charge is 0.240 e. The molecule has 8 heteroatoms. The van der Waals surface area contributed by atoms with E-state index in [4.69, 9.17) is 4.74 Å². The summed E-state index contributed by atoms with van der Waals surface area (Å²) in [7, 11) is -3.51. The molecule has 0 radical (unpaired) electrons. The molecule has 0 saturated carbocycles. The highest BCUT2D eigenvalue weighted by atomic mass is 32.2. The Kier molecular flexibility index (Phi) is 5.93. The van der Waals surface area contributed by atoms with Gasteiger partial charge in [-0.2, -0.15) is 0 Å². The molecule has 0 unspecified atom stereocenters.